The summed E-state index contributed by atoms with van der Waals surface area (Å²) >= 11 is 6.24. The standard InChI is InChI=1S/C22H26ClN3O2.ClH/c1-16-19-14-18(23)10-11-20(19)26(22(16)17-8-7-12-24-15-17)13-6-4-2-3-5-9-21(27)25-28;/h7-8,10-12,14-15,28H,2-6,9,13H2,1H3,(H,25,27);1H. The number of rotatable bonds is 9. The van der Waals surface area contributed by atoms with Gasteiger partial charge >= 0.3 is 0 Å². The summed E-state index contributed by atoms with van der Waals surface area (Å²) < 4.78 is 2.37. The fourth-order valence-corrected chi connectivity index (χ4v) is 3.92. The van der Waals surface area contributed by atoms with Crippen LogP contribution in [-0.2, 0) is 11.3 Å². The molecule has 0 bridgehead atoms. The van der Waals surface area contributed by atoms with Gasteiger partial charge < -0.3 is 4.57 Å². The van der Waals surface area contributed by atoms with Gasteiger partial charge in [-0.2, -0.15) is 0 Å². The molecule has 29 heavy (non-hydrogen) atoms. The SMILES string of the molecule is Cc1c(-c2cccnc2)n(CCCCCCCC(=O)NO)c2ccc(Cl)cc12.Cl. The van der Waals surface area contributed by atoms with E-state index in [2.05, 4.69) is 28.6 Å². The van der Waals surface area contributed by atoms with Crippen LogP contribution in [0, 0.1) is 6.92 Å². The molecule has 0 radical (unpaired) electrons. The highest BCUT2D eigenvalue weighted by atomic mass is 35.5. The number of nitrogens with one attached hydrogen (secondary N) is 1. The lowest BCUT2D eigenvalue weighted by atomic mass is 10.1. The van der Waals surface area contributed by atoms with Crippen molar-refractivity contribution < 1.29 is 10.0 Å². The first-order valence-electron chi connectivity index (χ1n) is 9.73. The molecule has 0 spiro atoms. The topological polar surface area (TPSA) is 67.2 Å². The lowest BCUT2D eigenvalue weighted by Crippen LogP contribution is -2.17. The zero-order valence-electron chi connectivity index (χ0n) is 16.5. The number of hydrogen-bond donors (Lipinski definition) is 2. The number of unbranched alkanes of at least 4 members (excludes halogenated alkanes) is 4. The smallest absolute Gasteiger partial charge is 0.243 e. The molecule has 156 valence electrons. The summed E-state index contributed by atoms with van der Waals surface area (Å²) in [5.74, 6) is -0.311. The summed E-state index contributed by atoms with van der Waals surface area (Å²) in [5, 5.41) is 10.4. The van der Waals surface area contributed by atoms with Crippen molar-refractivity contribution >= 4 is 40.8 Å². The van der Waals surface area contributed by atoms with Crippen molar-refractivity contribution in [1.82, 2.24) is 15.0 Å². The van der Waals surface area contributed by atoms with Crippen molar-refractivity contribution in [1.29, 1.82) is 0 Å². The Bertz CT molecular complexity index is 942. The lowest BCUT2D eigenvalue weighted by molar-refractivity contribution is -0.129. The maximum absolute atomic E-state index is 11.0. The van der Waals surface area contributed by atoms with Crippen molar-refractivity contribution in [3.63, 3.8) is 0 Å². The summed E-state index contributed by atoms with van der Waals surface area (Å²) in [6.07, 6.45) is 9.10. The molecular weight excluding hydrogens is 409 g/mol. The zero-order chi connectivity index (χ0) is 19.9. The van der Waals surface area contributed by atoms with E-state index in [1.54, 1.807) is 11.7 Å². The van der Waals surface area contributed by atoms with E-state index in [4.69, 9.17) is 16.8 Å². The van der Waals surface area contributed by atoms with Gasteiger partial charge in [-0.05, 0) is 55.7 Å². The Morgan fingerprint density at radius 3 is 2.66 bits per heavy atom. The van der Waals surface area contributed by atoms with Gasteiger partial charge in [-0.1, -0.05) is 30.9 Å². The third-order valence-corrected chi connectivity index (χ3v) is 5.36. The molecule has 3 rings (SSSR count). The van der Waals surface area contributed by atoms with Crippen LogP contribution < -0.4 is 5.48 Å². The molecule has 2 N–H and O–H groups in total. The van der Waals surface area contributed by atoms with Gasteiger partial charge in [-0.3, -0.25) is 15.0 Å². The van der Waals surface area contributed by atoms with E-state index in [-0.39, 0.29) is 18.3 Å². The lowest BCUT2D eigenvalue weighted by Gasteiger charge is -2.12. The molecule has 5 nitrogen and oxygen atoms in total. The summed E-state index contributed by atoms with van der Waals surface area (Å²) in [4.78, 5) is 15.3. The zero-order valence-corrected chi connectivity index (χ0v) is 18.1. The van der Waals surface area contributed by atoms with Crippen LogP contribution in [0.3, 0.4) is 0 Å². The summed E-state index contributed by atoms with van der Waals surface area (Å²) in [6, 6.07) is 10.1. The highest BCUT2D eigenvalue weighted by Crippen LogP contribution is 2.34. The summed E-state index contributed by atoms with van der Waals surface area (Å²) in [6.45, 7) is 3.07. The molecule has 0 saturated heterocycles. The Balaban J connectivity index is 0.00000300. The molecular formula is C22H27Cl2N3O2. The average molecular weight is 436 g/mol. The van der Waals surface area contributed by atoms with Gasteiger partial charge in [-0.15, -0.1) is 12.4 Å². The van der Waals surface area contributed by atoms with Crippen LogP contribution in [-0.4, -0.2) is 20.7 Å². The average Bonchev–Trinajstić information content (AvgIpc) is 2.98. The van der Waals surface area contributed by atoms with E-state index < -0.39 is 0 Å². The van der Waals surface area contributed by atoms with Crippen molar-refractivity contribution in [2.45, 2.75) is 52.0 Å². The number of amides is 1. The van der Waals surface area contributed by atoms with Gasteiger partial charge in [0.25, 0.3) is 0 Å². The molecule has 2 aromatic heterocycles. The Labute approximate surface area is 182 Å². The first-order valence-corrected chi connectivity index (χ1v) is 10.1. The van der Waals surface area contributed by atoms with Gasteiger partial charge in [0.15, 0.2) is 0 Å². The molecule has 0 saturated carbocycles. The van der Waals surface area contributed by atoms with Gasteiger partial charge in [0.1, 0.15) is 0 Å². The second kappa shape index (κ2) is 11.2. The molecule has 1 aromatic carbocycles. The van der Waals surface area contributed by atoms with Crippen molar-refractivity contribution in [3.05, 3.63) is 53.3 Å². The number of carbonyl (C=O) groups is 1. The number of halogens is 2. The van der Waals surface area contributed by atoms with E-state index in [0.29, 0.717) is 6.42 Å². The summed E-state index contributed by atoms with van der Waals surface area (Å²) in [7, 11) is 0. The molecule has 7 heteroatoms. The molecule has 3 aromatic rings. The van der Waals surface area contributed by atoms with Crippen molar-refractivity contribution in [3.8, 4) is 11.3 Å². The number of pyridine rings is 1. The Hall–Kier alpha value is -2.08. The third-order valence-electron chi connectivity index (χ3n) is 5.12. The van der Waals surface area contributed by atoms with Crippen molar-refractivity contribution in [2.24, 2.45) is 0 Å². The first-order chi connectivity index (χ1) is 13.6. The molecule has 0 fully saturated rings. The van der Waals surface area contributed by atoms with E-state index in [1.807, 2.05) is 24.4 Å². The monoisotopic (exact) mass is 435 g/mol. The van der Waals surface area contributed by atoms with E-state index >= 15 is 0 Å². The number of aryl methyl sites for hydroxylation is 2. The van der Waals surface area contributed by atoms with Crippen molar-refractivity contribution in [2.75, 3.05) is 0 Å². The third kappa shape index (κ3) is 5.72. The minimum atomic E-state index is -0.311. The van der Waals surface area contributed by atoms with Gasteiger partial charge in [-0.25, -0.2) is 5.48 Å². The molecule has 2 heterocycles. The van der Waals surface area contributed by atoms with Crippen LogP contribution in [0.1, 0.15) is 44.1 Å². The minimum Gasteiger partial charge on any atom is -0.340 e. The fourth-order valence-electron chi connectivity index (χ4n) is 3.74. The Morgan fingerprint density at radius 1 is 1.17 bits per heavy atom. The number of aromatic nitrogens is 2. The first kappa shape index (κ1) is 23.2. The number of hydroxylamine groups is 1. The molecule has 1 amide bonds. The summed E-state index contributed by atoms with van der Waals surface area (Å²) in [5.41, 5.74) is 6.41. The van der Waals surface area contributed by atoms with Crippen LogP contribution in [0.4, 0.5) is 0 Å². The minimum absolute atomic E-state index is 0. The number of nitrogens with zero attached hydrogens (tertiary/aromatic N) is 2. The quantitative estimate of drug-likeness (QED) is 0.248. The van der Waals surface area contributed by atoms with Crippen LogP contribution in [0.15, 0.2) is 42.7 Å². The second-order valence-electron chi connectivity index (χ2n) is 7.08. The van der Waals surface area contributed by atoms with Gasteiger partial charge in [0, 0.05) is 46.8 Å². The largest absolute Gasteiger partial charge is 0.340 e. The molecule has 0 aliphatic rings. The van der Waals surface area contributed by atoms with E-state index in [1.165, 1.54) is 22.2 Å². The van der Waals surface area contributed by atoms with Gasteiger partial charge in [0.2, 0.25) is 5.91 Å². The van der Waals surface area contributed by atoms with Gasteiger partial charge in [0.05, 0.1) is 5.69 Å². The Kier molecular flexibility index (Phi) is 8.96. The van der Waals surface area contributed by atoms with Crippen LogP contribution in [0.2, 0.25) is 5.02 Å². The normalized spacial score (nSPS) is 10.7. The second-order valence-corrected chi connectivity index (χ2v) is 7.52. The van der Waals surface area contributed by atoms with E-state index in [0.717, 1.165) is 49.2 Å². The fraction of sp³-hybridized carbons (Fsp3) is 0.364. The molecule has 0 aliphatic heterocycles. The molecule has 0 aliphatic carbocycles. The predicted octanol–water partition coefficient (Wildman–Crippen LogP) is 5.93. The van der Waals surface area contributed by atoms with Crippen LogP contribution >= 0.6 is 24.0 Å². The highest BCUT2D eigenvalue weighted by molar-refractivity contribution is 6.31. The maximum Gasteiger partial charge on any atom is 0.243 e. The maximum atomic E-state index is 11.0. The number of carbonyl (C=O) groups excluding carboxylic acids is 1. The van der Waals surface area contributed by atoms with E-state index in [9.17, 15) is 4.79 Å². The number of hydrogen-bond acceptors (Lipinski definition) is 3. The Morgan fingerprint density at radius 2 is 1.93 bits per heavy atom. The number of fused-ring (bicyclic) bond motifs is 1. The van der Waals surface area contributed by atoms with Crippen LogP contribution in [0.25, 0.3) is 22.2 Å². The molecule has 0 unspecified atom stereocenters. The molecule has 0 atom stereocenters. The number of benzene rings is 1. The van der Waals surface area contributed by atoms with Crippen LogP contribution in [0.5, 0.6) is 0 Å². The highest BCUT2D eigenvalue weighted by Gasteiger charge is 2.16. The predicted molar refractivity (Wildman–Crippen MR) is 120 cm³/mol.